The maximum absolute atomic E-state index is 13.6. The van der Waals surface area contributed by atoms with Gasteiger partial charge in [0.25, 0.3) is 15.9 Å². The number of nitrogens with one attached hydrogen (secondary N) is 1. The molecule has 10 heteroatoms. The molecule has 0 spiro atoms. The van der Waals surface area contributed by atoms with Crippen LogP contribution in [0.4, 0.5) is 10.8 Å². The summed E-state index contributed by atoms with van der Waals surface area (Å²) in [5.41, 5.74) is 3.74. The molecule has 188 valence electrons. The van der Waals surface area contributed by atoms with Gasteiger partial charge in [-0.2, -0.15) is 0 Å². The third kappa shape index (κ3) is 5.39. The van der Waals surface area contributed by atoms with Crippen molar-refractivity contribution in [3.05, 3.63) is 107 Å². The highest BCUT2D eigenvalue weighted by Gasteiger charge is 2.24. The van der Waals surface area contributed by atoms with Crippen molar-refractivity contribution < 1.29 is 17.6 Å². The molecule has 0 aliphatic rings. The highest BCUT2D eigenvalue weighted by molar-refractivity contribution is 7.92. The highest BCUT2D eigenvalue weighted by Crippen LogP contribution is 2.34. The molecule has 0 aliphatic heterocycles. The number of hydrogen-bond acceptors (Lipinski definition) is 6. The molecule has 0 fully saturated rings. The molecule has 0 unspecified atom stereocenters. The number of fused-ring (bicyclic) bond motifs is 1. The van der Waals surface area contributed by atoms with E-state index in [0.717, 1.165) is 21.3 Å². The number of amides is 1. The third-order valence-electron chi connectivity index (χ3n) is 5.69. The zero-order valence-electron chi connectivity index (χ0n) is 19.9. The number of anilines is 2. The number of aromatic nitrogens is 1. The summed E-state index contributed by atoms with van der Waals surface area (Å²) in [5.74, 6) is 0.338. The Labute approximate surface area is 223 Å². The molecule has 1 amide bonds. The number of benzene rings is 3. The Morgan fingerprint density at radius 2 is 1.78 bits per heavy atom. The van der Waals surface area contributed by atoms with Crippen molar-refractivity contribution in [3.63, 3.8) is 0 Å². The Kier molecular flexibility index (Phi) is 6.76. The summed E-state index contributed by atoms with van der Waals surface area (Å²) < 4.78 is 34.4. The third-order valence-corrected chi connectivity index (χ3v) is 8.57. The van der Waals surface area contributed by atoms with Crippen LogP contribution < -0.4 is 9.62 Å². The fourth-order valence-corrected chi connectivity index (χ4v) is 6.13. The summed E-state index contributed by atoms with van der Waals surface area (Å²) in [7, 11) is -3.80. The van der Waals surface area contributed by atoms with Gasteiger partial charge < -0.3 is 4.42 Å². The number of aryl methyl sites for hydroxylation is 2. The molecule has 0 saturated carbocycles. The summed E-state index contributed by atoms with van der Waals surface area (Å²) in [6, 6.07) is 19.8. The fraction of sp³-hybridized carbons (Fsp3) is 0.111. The number of nitrogens with zero attached hydrogens (tertiary/aromatic N) is 2. The van der Waals surface area contributed by atoms with Crippen LogP contribution in [0, 0.1) is 13.8 Å². The first kappa shape index (κ1) is 25.0. The smallest absolute Gasteiger partial charge is 0.261 e. The van der Waals surface area contributed by atoms with E-state index >= 15 is 0 Å². The van der Waals surface area contributed by atoms with Crippen molar-refractivity contribution in [2.45, 2.75) is 25.3 Å². The predicted molar refractivity (Wildman–Crippen MR) is 147 cm³/mol. The Bertz CT molecular complexity index is 1680. The second-order valence-corrected chi connectivity index (χ2v) is 11.6. The van der Waals surface area contributed by atoms with Crippen LogP contribution >= 0.6 is 22.9 Å². The van der Waals surface area contributed by atoms with E-state index in [-0.39, 0.29) is 17.3 Å². The molecule has 7 nitrogen and oxygen atoms in total. The quantitative estimate of drug-likeness (QED) is 0.240. The van der Waals surface area contributed by atoms with E-state index in [9.17, 15) is 13.2 Å². The van der Waals surface area contributed by atoms with Gasteiger partial charge in [0.15, 0.2) is 5.13 Å². The summed E-state index contributed by atoms with van der Waals surface area (Å²) in [6.45, 7) is 4.24. The van der Waals surface area contributed by atoms with Crippen LogP contribution in [0.25, 0.3) is 10.2 Å². The average molecular weight is 552 g/mol. The minimum absolute atomic E-state index is 0.0862. The Balaban J connectivity index is 1.43. The standard InChI is InChI=1S/C27H22ClN3O4S2/c1-17-14-18(2)25-24(15-17)29-27(36-25)31(16-22-4-3-13-35-22)26(32)19-5-9-21(10-6-19)30-37(33,34)23-11-7-20(28)8-12-23/h3-15,30H,16H2,1-2H3. The number of carbonyl (C=O) groups is 1. The maximum atomic E-state index is 13.6. The van der Waals surface area contributed by atoms with Crippen LogP contribution in [-0.2, 0) is 16.6 Å². The highest BCUT2D eigenvalue weighted by atomic mass is 35.5. The molecule has 0 radical (unpaired) electrons. The molecular weight excluding hydrogens is 530 g/mol. The topological polar surface area (TPSA) is 92.5 Å². The molecule has 1 N–H and O–H groups in total. The van der Waals surface area contributed by atoms with Crippen molar-refractivity contribution in [2.75, 3.05) is 9.62 Å². The van der Waals surface area contributed by atoms with Gasteiger partial charge in [-0.25, -0.2) is 13.4 Å². The first-order chi connectivity index (χ1) is 17.7. The van der Waals surface area contributed by atoms with Crippen molar-refractivity contribution in [3.8, 4) is 0 Å². The predicted octanol–water partition coefficient (Wildman–Crippen LogP) is 6.81. The summed E-state index contributed by atoms with van der Waals surface area (Å²) in [4.78, 5) is 20.1. The minimum Gasteiger partial charge on any atom is -0.467 e. The summed E-state index contributed by atoms with van der Waals surface area (Å²) in [6.07, 6.45) is 1.56. The van der Waals surface area contributed by atoms with Gasteiger partial charge in [-0.05, 0) is 91.7 Å². The van der Waals surface area contributed by atoms with E-state index < -0.39 is 10.0 Å². The van der Waals surface area contributed by atoms with Crippen LogP contribution in [0.2, 0.25) is 5.02 Å². The number of hydrogen-bond donors (Lipinski definition) is 1. The molecule has 0 aliphatic carbocycles. The second kappa shape index (κ2) is 10.0. The lowest BCUT2D eigenvalue weighted by atomic mass is 10.1. The van der Waals surface area contributed by atoms with Crippen LogP contribution in [0.3, 0.4) is 0 Å². The molecule has 2 heterocycles. The van der Waals surface area contributed by atoms with Gasteiger partial charge in [0.05, 0.1) is 27.9 Å². The van der Waals surface area contributed by atoms with E-state index in [2.05, 4.69) is 10.8 Å². The van der Waals surface area contributed by atoms with Crippen molar-refractivity contribution in [2.24, 2.45) is 0 Å². The molecule has 5 aromatic rings. The Hall–Kier alpha value is -3.66. The van der Waals surface area contributed by atoms with Crippen LogP contribution in [-0.4, -0.2) is 19.3 Å². The minimum atomic E-state index is -3.80. The van der Waals surface area contributed by atoms with Gasteiger partial charge in [-0.1, -0.05) is 29.0 Å². The van der Waals surface area contributed by atoms with Gasteiger partial charge in [0.2, 0.25) is 0 Å². The Morgan fingerprint density at radius 1 is 1.05 bits per heavy atom. The van der Waals surface area contributed by atoms with E-state index in [0.29, 0.717) is 27.2 Å². The Morgan fingerprint density at radius 3 is 2.46 bits per heavy atom. The van der Waals surface area contributed by atoms with Crippen molar-refractivity contribution >= 4 is 59.9 Å². The second-order valence-electron chi connectivity index (χ2n) is 8.53. The zero-order chi connectivity index (χ0) is 26.2. The average Bonchev–Trinajstić information content (AvgIpc) is 3.53. The van der Waals surface area contributed by atoms with Crippen molar-refractivity contribution in [1.82, 2.24) is 4.98 Å². The van der Waals surface area contributed by atoms with Crippen LogP contribution in [0.5, 0.6) is 0 Å². The molecule has 37 heavy (non-hydrogen) atoms. The number of carbonyl (C=O) groups excluding carboxylic acids is 1. The fourth-order valence-electron chi connectivity index (χ4n) is 3.93. The van der Waals surface area contributed by atoms with Gasteiger partial charge >= 0.3 is 0 Å². The molecule has 3 aromatic carbocycles. The normalized spacial score (nSPS) is 11.5. The largest absolute Gasteiger partial charge is 0.467 e. The van der Waals surface area contributed by atoms with E-state index in [1.807, 2.05) is 19.9 Å². The van der Waals surface area contributed by atoms with Gasteiger partial charge in [-0.3, -0.25) is 14.4 Å². The number of rotatable bonds is 7. The van der Waals surface area contributed by atoms with E-state index in [1.54, 1.807) is 47.6 Å². The maximum Gasteiger partial charge on any atom is 0.261 e. The van der Waals surface area contributed by atoms with Gasteiger partial charge in [0.1, 0.15) is 5.76 Å². The van der Waals surface area contributed by atoms with Crippen LogP contribution in [0.15, 0.2) is 88.4 Å². The molecule has 2 aromatic heterocycles. The zero-order valence-corrected chi connectivity index (χ0v) is 22.3. The first-order valence-electron chi connectivity index (χ1n) is 11.3. The lowest BCUT2D eigenvalue weighted by molar-refractivity contribution is 0.0983. The first-order valence-corrected chi connectivity index (χ1v) is 14.0. The number of sulfonamides is 1. The molecule has 0 saturated heterocycles. The number of thiazole rings is 1. The summed E-state index contributed by atoms with van der Waals surface area (Å²) >= 11 is 7.31. The monoisotopic (exact) mass is 551 g/mol. The number of furan rings is 1. The van der Waals surface area contributed by atoms with E-state index in [4.69, 9.17) is 21.0 Å². The van der Waals surface area contributed by atoms with Crippen LogP contribution in [0.1, 0.15) is 27.2 Å². The van der Waals surface area contributed by atoms with Gasteiger partial charge in [0, 0.05) is 16.3 Å². The lowest BCUT2D eigenvalue weighted by Crippen LogP contribution is -2.30. The molecule has 5 rings (SSSR count). The lowest BCUT2D eigenvalue weighted by Gasteiger charge is -2.19. The van der Waals surface area contributed by atoms with Crippen molar-refractivity contribution in [1.29, 1.82) is 0 Å². The summed E-state index contributed by atoms with van der Waals surface area (Å²) in [5, 5.41) is 0.997. The SMILES string of the molecule is Cc1cc(C)c2sc(N(Cc3ccco3)C(=O)c3ccc(NS(=O)(=O)c4ccc(Cl)cc4)cc3)nc2c1. The molecule has 0 atom stereocenters. The van der Waals surface area contributed by atoms with Gasteiger partial charge in [-0.15, -0.1) is 0 Å². The van der Waals surface area contributed by atoms with E-state index in [1.165, 1.54) is 35.6 Å². The molecule has 0 bridgehead atoms. The number of halogens is 1. The molecular formula is C27H22ClN3O4S2.